The van der Waals surface area contributed by atoms with E-state index in [4.69, 9.17) is 20.8 Å². The van der Waals surface area contributed by atoms with Gasteiger partial charge in [-0.1, -0.05) is 39.7 Å². The lowest BCUT2D eigenvalue weighted by atomic mass is 10.2. The van der Waals surface area contributed by atoms with Gasteiger partial charge in [0.1, 0.15) is 18.0 Å². The van der Waals surface area contributed by atoms with Crippen molar-refractivity contribution in [1.29, 1.82) is 0 Å². The summed E-state index contributed by atoms with van der Waals surface area (Å²) >= 11 is 13.2. The highest BCUT2D eigenvalue weighted by molar-refractivity contribution is 9.10. The fourth-order valence-corrected chi connectivity index (χ4v) is 4.24. The van der Waals surface area contributed by atoms with E-state index in [2.05, 4.69) is 42.4 Å². The zero-order chi connectivity index (χ0) is 22.7. The Morgan fingerprint density at radius 1 is 1.12 bits per heavy atom. The van der Waals surface area contributed by atoms with Gasteiger partial charge < -0.3 is 9.15 Å². The molecule has 0 radical (unpaired) electrons. The molecule has 0 spiro atoms. The van der Waals surface area contributed by atoms with Crippen LogP contribution in [0, 0.1) is 5.82 Å². The van der Waals surface area contributed by atoms with Crippen molar-refractivity contribution < 1.29 is 18.3 Å². The van der Waals surface area contributed by atoms with Gasteiger partial charge in [-0.3, -0.25) is 4.79 Å². The molecule has 162 valence electrons. The third-order valence-electron chi connectivity index (χ3n) is 4.40. The molecule has 0 fully saturated rings. The molecule has 5 nitrogen and oxygen atoms in total. The number of furan rings is 1. The number of carbonyl (C=O) groups is 1. The Labute approximate surface area is 204 Å². The van der Waals surface area contributed by atoms with E-state index in [9.17, 15) is 9.18 Å². The minimum atomic E-state index is -0.474. The van der Waals surface area contributed by atoms with Crippen molar-refractivity contribution in [3.63, 3.8) is 0 Å². The number of ether oxygens (including phenoxy) is 1. The molecule has 9 heteroatoms. The lowest BCUT2D eigenvalue weighted by molar-refractivity contribution is 0.0929. The maximum absolute atomic E-state index is 13.0. The molecule has 0 atom stereocenters. The Morgan fingerprint density at radius 3 is 2.66 bits per heavy atom. The Morgan fingerprint density at radius 2 is 1.91 bits per heavy atom. The van der Waals surface area contributed by atoms with Gasteiger partial charge in [-0.25, -0.2) is 9.82 Å². The molecule has 1 aromatic heterocycles. The predicted octanol–water partition coefficient (Wildman–Crippen LogP) is 7.09. The van der Waals surface area contributed by atoms with Gasteiger partial charge >= 0.3 is 5.91 Å². The first-order valence-electron chi connectivity index (χ1n) is 9.28. The maximum atomic E-state index is 13.0. The maximum Gasteiger partial charge on any atom is 0.307 e. The minimum Gasteiger partial charge on any atom is -0.486 e. The molecule has 0 saturated carbocycles. The topological polar surface area (TPSA) is 63.8 Å². The van der Waals surface area contributed by atoms with Crippen LogP contribution in [-0.4, -0.2) is 12.1 Å². The van der Waals surface area contributed by atoms with Crippen LogP contribution in [0.3, 0.4) is 0 Å². The first-order valence-corrected chi connectivity index (χ1v) is 11.2. The van der Waals surface area contributed by atoms with E-state index in [0.29, 0.717) is 26.4 Å². The standard InChI is InChI=1S/C23H14Br2ClFN2O3/c24-16-3-6-20-15(9-16)10-21(32-20)23(30)29-28-11-14-7-18(25)22(19(26)8-14)31-12-13-1-4-17(27)5-2-13/h1-11H,12H2,(H,29,30)/b28-11+. The lowest BCUT2D eigenvalue weighted by Gasteiger charge is -2.11. The van der Waals surface area contributed by atoms with Crippen molar-refractivity contribution in [2.75, 3.05) is 0 Å². The molecule has 1 N–H and O–H groups in total. The summed E-state index contributed by atoms with van der Waals surface area (Å²) in [6, 6.07) is 16.5. The quantitative estimate of drug-likeness (QED) is 0.196. The molecule has 1 heterocycles. The van der Waals surface area contributed by atoms with Crippen LogP contribution >= 0.6 is 43.5 Å². The predicted molar refractivity (Wildman–Crippen MR) is 129 cm³/mol. The highest BCUT2D eigenvalue weighted by Crippen LogP contribution is 2.34. The number of carbonyl (C=O) groups excluding carboxylic acids is 1. The summed E-state index contributed by atoms with van der Waals surface area (Å²) < 4.78 is 25.8. The van der Waals surface area contributed by atoms with Crippen molar-refractivity contribution in [2.45, 2.75) is 6.61 Å². The summed E-state index contributed by atoms with van der Waals surface area (Å²) in [5, 5.41) is 5.13. The van der Waals surface area contributed by atoms with E-state index in [-0.39, 0.29) is 18.2 Å². The highest BCUT2D eigenvalue weighted by Gasteiger charge is 2.12. The molecule has 0 aliphatic carbocycles. The first kappa shape index (κ1) is 22.5. The van der Waals surface area contributed by atoms with Crippen LogP contribution in [0.1, 0.15) is 21.7 Å². The summed E-state index contributed by atoms with van der Waals surface area (Å²) in [5.74, 6) is -0.181. The summed E-state index contributed by atoms with van der Waals surface area (Å²) in [7, 11) is 0. The Balaban J connectivity index is 1.41. The third kappa shape index (κ3) is 5.38. The smallest absolute Gasteiger partial charge is 0.307 e. The Kier molecular flexibility index (Phi) is 6.93. The number of fused-ring (bicyclic) bond motifs is 1. The van der Waals surface area contributed by atoms with Gasteiger partial charge in [0.15, 0.2) is 11.5 Å². The van der Waals surface area contributed by atoms with Crippen LogP contribution in [0.15, 0.2) is 79.1 Å². The molecular weight excluding hydrogens is 567 g/mol. The molecule has 4 aromatic rings. The molecule has 0 aliphatic rings. The molecule has 3 aromatic carbocycles. The first-order chi connectivity index (χ1) is 15.4. The molecule has 0 aliphatic heterocycles. The van der Waals surface area contributed by atoms with Gasteiger partial charge in [0, 0.05) is 9.86 Å². The van der Waals surface area contributed by atoms with Crippen molar-refractivity contribution in [3.8, 4) is 5.75 Å². The second-order valence-corrected chi connectivity index (χ2v) is 8.90. The normalized spacial score (nSPS) is 11.2. The summed E-state index contributed by atoms with van der Waals surface area (Å²) in [6.07, 6.45) is 1.46. The van der Waals surface area contributed by atoms with Crippen LogP contribution in [0.25, 0.3) is 11.0 Å². The van der Waals surface area contributed by atoms with Crippen LogP contribution in [-0.2, 0) is 6.61 Å². The lowest BCUT2D eigenvalue weighted by Crippen LogP contribution is -2.16. The number of hydrogen-bond acceptors (Lipinski definition) is 4. The molecule has 0 bridgehead atoms. The average molecular weight is 581 g/mol. The number of hydrogen-bond donors (Lipinski definition) is 1. The van der Waals surface area contributed by atoms with Crippen molar-refractivity contribution in [2.24, 2.45) is 5.10 Å². The number of benzene rings is 3. The van der Waals surface area contributed by atoms with Crippen molar-refractivity contribution >= 4 is 66.6 Å². The van der Waals surface area contributed by atoms with Crippen LogP contribution in [0.2, 0.25) is 5.02 Å². The fourth-order valence-electron chi connectivity index (χ4n) is 2.87. The zero-order valence-electron chi connectivity index (χ0n) is 16.2. The molecule has 0 saturated heterocycles. The van der Waals surface area contributed by atoms with Crippen molar-refractivity contribution in [1.82, 2.24) is 5.43 Å². The molecule has 32 heavy (non-hydrogen) atoms. The molecule has 1 amide bonds. The summed E-state index contributed by atoms with van der Waals surface area (Å²) in [6.45, 7) is 0.232. The number of nitrogens with zero attached hydrogens (tertiary/aromatic N) is 1. The van der Waals surface area contributed by atoms with Crippen molar-refractivity contribution in [3.05, 3.63) is 97.3 Å². The molecule has 0 unspecified atom stereocenters. The number of hydrazone groups is 1. The van der Waals surface area contributed by atoms with E-state index in [1.165, 1.54) is 18.3 Å². The largest absolute Gasteiger partial charge is 0.486 e. The van der Waals surface area contributed by atoms with E-state index >= 15 is 0 Å². The number of amides is 1. The number of nitrogens with one attached hydrogen (secondary N) is 1. The zero-order valence-corrected chi connectivity index (χ0v) is 20.2. The van der Waals surface area contributed by atoms with Gasteiger partial charge in [0.25, 0.3) is 0 Å². The number of halogens is 4. The second kappa shape index (κ2) is 9.85. The van der Waals surface area contributed by atoms with E-state index < -0.39 is 5.91 Å². The average Bonchev–Trinajstić information content (AvgIpc) is 3.18. The SMILES string of the molecule is O=C(N/N=C/c1cc(Cl)c(OCc2ccc(F)cc2)c(Br)c1)c1cc2cc(Br)ccc2o1. The van der Waals surface area contributed by atoms with Gasteiger partial charge in [0.2, 0.25) is 0 Å². The second-order valence-electron chi connectivity index (χ2n) is 6.72. The van der Waals surface area contributed by atoms with Gasteiger partial charge in [-0.15, -0.1) is 0 Å². The number of rotatable bonds is 6. The van der Waals surface area contributed by atoms with Crippen LogP contribution in [0.4, 0.5) is 4.39 Å². The minimum absolute atomic E-state index is 0.152. The third-order valence-corrected chi connectivity index (χ3v) is 5.76. The van der Waals surface area contributed by atoms with E-state index in [1.54, 1.807) is 36.4 Å². The van der Waals surface area contributed by atoms with Gasteiger partial charge in [-0.05, 0) is 75.6 Å². The summed E-state index contributed by atoms with van der Waals surface area (Å²) in [4.78, 5) is 12.3. The van der Waals surface area contributed by atoms with E-state index in [1.807, 2.05) is 12.1 Å². The molecule has 4 rings (SSSR count). The fraction of sp³-hybridized carbons (Fsp3) is 0.0435. The Bertz CT molecular complexity index is 1300. The van der Waals surface area contributed by atoms with Gasteiger partial charge in [0.05, 0.1) is 15.7 Å². The monoisotopic (exact) mass is 578 g/mol. The van der Waals surface area contributed by atoms with Crippen LogP contribution in [0.5, 0.6) is 5.75 Å². The molecular formula is C23H14Br2ClFN2O3. The van der Waals surface area contributed by atoms with Gasteiger partial charge in [-0.2, -0.15) is 5.10 Å². The van der Waals surface area contributed by atoms with E-state index in [0.717, 1.165) is 15.4 Å². The highest BCUT2D eigenvalue weighted by atomic mass is 79.9. The van der Waals surface area contributed by atoms with Crippen LogP contribution < -0.4 is 10.2 Å². The summed E-state index contributed by atoms with van der Waals surface area (Å²) in [5.41, 5.74) is 4.49. The Hall–Kier alpha value is -2.68.